The summed E-state index contributed by atoms with van der Waals surface area (Å²) in [5, 5.41) is 12.8. The predicted octanol–water partition coefficient (Wildman–Crippen LogP) is 5.04. The molecule has 30 heavy (non-hydrogen) atoms. The zero-order chi connectivity index (χ0) is 21.1. The van der Waals surface area contributed by atoms with E-state index >= 15 is 0 Å². The number of carbonyl (C=O) groups is 2. The fraction of sp³-hybridized carbons (Fsp3) is 0.680. The van der Waals surface area contributed by atoms with Gasteiger partial charge in [0.05, 0.1) is 0 Å². The highest BCUT2D eigenvalue weighted by Gasteiger charge is 2.48. The predicted molar refractivity (Wildman–Crippen MR) is 116 cm³/mol. The van der Waals surface area contributed by atoms with Gasteiger partial charge in [-0.2, -0.15) is 0 Å². The van der Waals surface area contributed by atoms with Gasteiger partial charge in [0.2, 0.25) is 0 Å². The molecule has 0 aliphatic heterocycles. The number of para-hydroxylation sites is 1. The van der Waals surface area contributed by atoms with Crippen LogP contribution in [-0.2, 0) is 4.79 Å². The summed E-state index contributed by atoms with van der Waals surface area (Å²) in [7, 11) is 0. The minimum absolute atomic E-state index is 0.0160. The molecule has 5 aliphatic rings. The van der Waals surface area contributed by atoms with E-state index < -0.39 is 11.9 Å². The zero-order valence-electron chi connectivity index (χ0n) is 18.0. The van der Waals surface area contributed by atoms with Crippen molar-refractivity contribution in [3.63, 3.8) is 0 Å². The normalized spacial score (nSPS) is 32.2. The number of esters is 1. The minimum atomic E-state index is -1.11. The third-order valence-corrected chi connectivity index (χ3v) is 7.63. The molecular formula is C25H35NO4. The molecule has 6 rings (SSSR count). The van der Waals surface area contributed by atoms with Crippen molar-refractivity contribution < 1.29 is 19.4 Å². The third kappa shape index (κ3) is 5.05. The van der Waals surface area contributed by atoms with Crippen LogP contribution in [0.1, 0.15) is 81.5 Å². The molecule has 1 aromatic rings. The summed E-state index contributed by atoms with van der Waals surface area (Å²) >= 11 is 0. The van der Waals surface area contributed by atoms with Crippen LogP contribution >= 0.6 is 0 Å². The fourth-order valence-corrected chi connectivity index (χ4v) is 6.63. The largest absolute Gasteiger partial charge is 0.478 e. The maximum absolute atomic E-state index is 10.6. The van der Waals surface area contributed by atoms with E-state index in [1.165, 1.54) is 51.2 Å². The lowest BCUT2D eigenvalue weighted by molar-refractivity contribution is -0.131. The quantitative estimate of drug-likeness (QED) is 0.534. The molecule has 0 radical (unpaired) electrons. The van der Waals surface area contributed by atoms with Crippen molar-refractivity contribution in [3.05, 3.63) is 29.8 Å². The first-order chi connectivity index (χ1) is 14.5. The molecule has 5 heteroatoms. The number of hydrogen-bond donors (Lipinski definition) is 2. The third-order valence-electron chi connectivity index (χ3n) is 7.63. The number of benzene rings is 1. The van der Waals surface area contributed by atoms with E-state index in [1.54, 1.807) is 44.2 Å². The molecule has 5 nitrogen and oxygen atoms in total. The van der Waals surface area contributed by atoms with E-state index in [9.17, 15) is 9.59 Å². The maximum atomic E-state index is 10.6. The van der Waals surface area contributed by atoms with Crippen molar-refractivity contribution in [2.45, 2.75) is 83.2 Å². The molecule has 4 bridgehead atoms. The molecule has 0 unspecified atom stereocenters. The van der Waals surface area contributed by atoms with E-state index in [2.05, 4.69) is 10.1 Å². The van der Waals surface area contributed by atoms with Crippen LogP contribution in [0.15, 0.2) is 24.3 Å². The molecule has 0 atom stereocenters. The number of aromatic carboxylic acids is 1. The Morgan fingerprint density at radius 2 is 1.53 bits per heavy atom. The van der Waals surface area contributed by atoms with E-state index in [1.807, 2.05) is 0 Å². The topological polar surface area (TPSA) is 75.6 Å². The van der Waals surface area contributed by atoms with Crippen LogP contribution in [0.3, 0.4) is 0 Å². The van der Waals surface area contributed by atoms with Crippen LogP contribution in [0.5, 0.6) is 5.75 Å². The number of rotatable bonds is 4. The second-order valence-corrected chi connectivity index (χ2v) is 9.85. The summed E-state index contributed by atoms with van der Waals surface area (Å²) in [6.07, 6.45) is 15.2. The smallest absolute Gasteiger partial charge is 0.339 e. The molecule has 0 aromatic heterocycles. The van der Waals surface area contributed by atoms with Crippen molar-refractivity contribution >= 4 is 11.9 Å². The van der Waals surface area contributed by atoms with E-state index in [0.717, 1.165) is 35.8 Å². The Hall–Kier alpha value is -1.88. The molecule has 5 saturated carbocycles. The second kappa shape index (κ2) is 9.51. The Morgan fingerprint density at radius 1 is 0.933 bits per heavy atom. The number of ether oxygens (including phenoxy) is 1. The van der Waals surface area contributed by atoms with Crippen LogP contribution in [-0.4, -0.2) is 29.1 Å². The average molecular weight is 414 g/mol. The highest BCUT2D eigenvalue weighted by atomic mass is 16.5. The van der Waals surface area contributed by atoms with Gasteiger partial charge in [0, 0.05) is 19.0 Å². The minimum Gasteiger partial charge on any atom is -0.478 e. The average Bonchev–Trinajstić information content (AvgIpc) is 2.71. The first-order valence-electron chi connectivity index (χ1n) is 11.8. The van der Waals surface area contributed by atoms with Crippen LogP contribution in [0.2, 0.25) is 0 Å². The molecule has 5 aliphatic carbocycles. The molecule has 2 N–H and O–H groups in total. The van der Waals surface area contributed by atoms with Gasteiger partial charge in [-0.25, -0.2) is 4.79 Å². The van der Waals surface area contributed by atoms with Gasteiger partial charge in [0.15, 0.2) is 0 Å². The second-order valence-electron chi connectivity index (χ2n) is 9.85. The van der Waals surface area contributed by atoms with Crippen LogP contribution in [0.4, 0.5) is 0 Å². The number of carboxylic acids is 1. The van der Waals surface area contributed by atoms with Crippen LogP contribution in [0.25, 0.3) is 0 Å². The van der Waals surface area contributed by atoms with Crippen LogP contribution < -0.4 is 10.1 Å². The lowest BCUT2D eigenvalue weighted by atomic mass is 9.54. The Kier molecular flexibility index (Phi) is 6.77. The Bertz CT molecular complexity index is 727. The summed E-state index contributed by atoms with van der Waals surface area (Å²) in [5.74, 6) is 2.80. The van der Waals surface area contributed by atoms with Crippen molar-refractivity contribution in [2.24, 2.45) is 23.7 Å². The molecule has 0 heterocycles. The monoisotopic (exact) mass is 413 g/mol. The summed E-state index contributed by atoms with van der Waals surface area (Å²) in [6.45, 7) is 1.22. The maximum Gasteiger partial charge on any atom is 0.339 e. The van der Waals surface area contributed by atoms with Crippen molar-refractivity contribution in [3.8, 4) is 5.75 Å². The van der Waals surface area contributed by atoms with Crippen molar-refractivity contribution in [1.82, 2.24) is 5.32 Å². The van der Waals surface area contributed by atoms with Gasteiger partial charge in [-0.15, -0.1) is 0 Å². The fourth-order valence-electron chi connectivity index (χ4n) is 6.63. The van der Waals surface area contributed by atoms with E-state index in [-0.39, 0.29) is 11.3 Å². The molecule has 5 fully saturated rings. The molecule has 0 saturated heterocycles. The van der Waals surface area contributed by atoms with Crippen molar-refractivity contribution in [2.75, 3.05) is 0 Å². The number of carboxylic acid groups (broad SMARTS) is 1. The highest BCUT2D eigenvalue weighted by molar-refractivity contribution is 5.91. The van der Waals surface area contributed by atoms with Gasteiger partial charge in [0.1, 0.15) is 11.3 Å². The molecular weight excluding hydrogens is 378 g/mol. The van der Waals surface area contributed by atoms with E-state index in [4.69, 9.17) is 5.11 Å². The first-order valence-corrected chi connectivity index (χ1v) is 11.8. The number of hydrogen-bond acceptors (Lipinski definition) is 4. The van der Waals surface area contributed by atoms with Gasteiger partial charge in [-0.3, -0.25) is 4.79 Å². The Morgan fingerprint density at radius 3 is 2.10 bits per heavy atom. The van der Waals surface area contributed by atoms with Gasteiger partial charge in [0.25, 0.3) is 0 Å². The summed E-state index contributed by atoms with van der Waals surface area (Å²) < 4.78 is 4.69. The Labute approximate surface area is 179 Å². The van der Waals surface area contributed by atoms with Gasteiger partial charge >= 0.3 is 11.9 Å². The van der Waals surface area contributed by atoms with Crippen LogP contribution in [0, 0.1) is 23.7 Å². The van der Waals surface area contributed by atoms with Gasteiger partial charge in [-0.1, -0.05) is 31.4 Å². The standard InChI is InChI=1S/C16H27N.C9H8O4/c1-2-4-15(5-3-1)17-16-13-7-11-6-12(9-13)10-14(16)8-11;1-6(10)13-8-5-3-2-4-7(8)9(11)12/h11-17H,1-10H2;2-5H,1H3,(H,11,12). The highest BCUT2D eigenvalue weighted by Crippen LogP contribution is 2.53. The Balaban J connectivity index is 0.000000152. The number of nitrogens with one attached hydrogen (secondary N) is 1. The lowest BCUT2D eigenvalue weighted by Gasteiger charge is -2.55. The van der Waals surface area contributed by atoms with E-state index in [0.29, 0.717) is 0 Å². The molecule has 0 amide bonds. The summed E-state index contributed by atoms with van der Waals surface area (Å²) in [4.78, 5) is 21.2. The van der Waals surface area contributed by atoms with Gasteiger partial charge < -0.3 is 15.2 Å². The summed E-state index contributed by atoms with van der Waals surface area (Å²) in [5.41, 5.74) is -0.0160. The molecule has 1 aromatic carbocycles. The lowest BCUT2D eigenvalue weighted by Crippen LogP contribution is -2.56. The summed E-state index contributed by atoms with van der Waals surface area (Å²) in [6, 6.07) is 7.78. The molecule has 164 valence electrons. The first kappa shape index (κ1) is 21.4. The number of carbonyl (C=O) groups excluding carboxylic acids is 1. The van der Waals surface area contributed by atoms with Crippen molar-refractivity contribution in [1.29, 1.82) is 0 Å². The molecule has 0 spiro atoms. The van der Waals surface area contributed by atoms with Gasteiger partial charge in [-0.05, 0) is 80.8 Å². The SMILES string of the molecule is C1CCC(NC2C3CC4CC(C3)CC2C4)CC1.CC(=O)Oc1ccccc1C(=O)O. The zero-order valence-corrected chi connectivity index (χ0v) is 18.0.